The van der Waals surface area contributed by atoms with Crippen LogP contribution in [0.1, 0.15) is 36.4 Å². The molecule has 0 radical (unpaired) electrons. The number of hydrogen-bond donors (Lipinski definition) is 0. The van der Waals surface area contributed by atoms with E-state index in [2.05, 4.69) is 22.2 Å². The number of hydrogen-bond acceptors (Lipinski definition) is 4. The highest BCUT2D eigenvalue weighted by Gasteiger charge is 2.25. The summed E-state index contributed by atoms with van der Waals surface area (Å²) < 4.78 is 1.85. The van der Waals surface area contributed by atoms with Crippen LogP contribution in [0.2, 0.25) is 0 Å². The van der Waals surface area contributed by atoms with Gasteiger partial charge in [0.25, 0.3) is 0 Å². The summed E-state index contributed by atoms with van der Waals surface area (Å²) in [6.07, 6.45) is 6.48. The van der Waals surface area contributed by atoms with Crippen LogP contribution >= 0.6 is 0 Å². The van der Waals surface area contributed by atoms with Crippen molar-refractivity contribution in [2.75, 3.05) is 32.1 Å². The number of nitrogens with zero attached hydrogens (tertiary/aromatic N) is 5. The molecule has 2 aromatic heterocycles. The third-order valence-corrected chi connectivity index (χ3v) is 4.80. The maximum absolute atomic E-state index is 12.6. The van der Waals surface area contributed by atoms with E-state index < -0.39 is 0 Å². The molecule has 1 aliphatic heterocycles. The van der Waals surface area contributed by atoms with Crippen molar-refractivity contribution < 1.29 is 4.79 Å². The second kappa shape index (κ2) is 7.68. The molecule has 0 spiro atoms. The first-order valence-electron chi connectivity index (χ1n) is 8.94. The average molecular weight is 341 g/mol. The van der Waals surface area contributed by atoms with Crippen LogP contribution in [0.4, 0.5) is 5.82 Å². The van der Waals surface area contributed by atoms with Gasteiger partial charge in [-0.3, -0.25) is 9.48 Å². The Balaban J connectivity index is 1.60. The largest absolute Gasteiger partial charge is 0.363 e. The third-order valence-electron chi connectivity index (χ3n) is 4.80. The van der Waals surface area contributed by atoms with Crippen LogP contribution < -0.4 is 4.90 Å². The number of carbonyl (C=O) groups excluding carboxylic acids is 1. The second-order valence-corrected chi connectivity index (χ2v) is 6.99. The van der Waals surface area contributed by atoms with Gasteiger partial charge in [0.05, 0.1) is 5.69 Å². The number of aryl methyl sites for hydroxylation is 2. The highest BCUT2D eigenvalue weighted by molar-refractivity contribution is 5.76. The number of pyridine rings is 1. The minimum Gasteiger partial charge on any atom is -0.363 e. The summed E-state index contributed by atoms with van der Waals surface area (Å²) in [5.74, 6) is 1.58. The van der Waals surface area contributed by atoms with Crippen molar-refractivity contribution in [2.45, 2.75) is 38.6 Å². The Labute approximate surface area is 149 Å². The quantitative estimate of drug-likeness (QED) is 0.838. The Morgan fingerprint density at radius 2 is 2.20 bits per heavy atom. The molecule has 6 heteroatoms. The molecule has 134 valence electrons. The van der Waals surface area contributed by atoms with E-state index >= 15 is 0 Å². The topological polar surface area (TPSA) is 54.3 Å². The molecule has 25 heavy (non-hydrogen) atoms. The molecule has 0 unspecified atom stereocenters. The normalized spacial score (nSPS) is 17.6. The molecule has 0 aromatic carbocycles. The van der Waals surface area contributed by atoms with Gasteiger partial charge in [0.15, 0.2) is 0 Å². The van der Waals surface area contributed by atoms with Crippen molar-refractivity contribution in [3.63, 3.8) is 0 Å². The zero-order valence-electron chi connectivity index (χ0n) is 15.4. The number of piperidine rings is 1. The maximum Gasteiger partial charge on any atom is 0.224 e. The highest BCUT2D eigenvalue weighted by Crippen LogP contribution is 2.28. The molecule has 0 bridgehead atoms. The van der Waals surface area contributed by atoms with E-state index in [1.807, 2.05) is 54.0 Å². The van der Waals surface area contributed by atoms with Crippen molar-refractivity contribution in [3.05, 3.63) is 41.9 Å². The summed E-state index contributed by atoms with van der Waals surface area (Å²) in [6.45, 7) is 4.27. The highest BCUT2D eigenvalue weighted by atomic mass is 16.2. The molecule has 1 aliphatic rings. The maximum atomic E-state index is 12.6. The molecule has 1 amide bonds. The molecular weight excluding hydrogens is 314 g/mol. The van der Waals surface area contributed by atoms with Crippen LogP contribution in [0.5, 0.6) is 0 Å². The van der Waals surface area contributed by atoms with Crippen LogP contribution in [-0.2, 0) is 11.3 Å². The molecule has 2 aromatic rings. The van der Waals surface area contributed by atoms with Crippen LogP contribution in [0.15, 0.2) is 30.6 Å². The molecule has 3 rings (SSSR count). The summed E-state index contributed by atoms with van der Waals surface area (Å²) in [5.41, 5.74) is 2.26. The number of rotatable bonds is 5. The van der Waals surface area contributed by atoms with E-state index in [0.29, 0.717) is 18.9 Å². The Hall–Kier alpha value is -2.37. The van der Waals surface area contributed by atoms with Gasteiger partial charge in [-0.2, -0.15) is 5.10 Å². The van der Waals surface area contributed by atoms with Gasteiger partial charge in [-0.05, 0) is 43.5 Å². The lowest BCUT2D eigenvalue weighted by atomic mass is 9.91. The number of anilines is 1. The number of amides is 1. The molecule has 6 nitrogen and oxygen atoms in total. The molecule has 0 aliphatic carbocycles. The third kappa shape index (κ3) is 4.38. The first kappa shape index (κ1) is 17.5. The number of likely N-dealkylation sites (tertiary alicyclic amines) is 1. The van der Waals surface area contributed by atoms with Gasteiger partial charge in [0.1, 0.15) is 5.82 Å². The standard InChI is InChI=1S/C19H27N5O/c1-15-7-11-24(21-15)12-8-19(25)23-10-4-5-17(14-23)16-6-9-20-18(13-16)22(2)3/h6-7,9,11,13,17H,4-5,8,10,12,14H2,1-3H3/t17-/m0/s1. The fourth-order valence-corrected chi connectivity index (χ4v) is 3.36. The summed E-state index contributed by atoms with van der Waals surface area (Å²) in [5, 5.41) is 4.35. The average Bonchev–Trinajstić information content (AvgIpc) is 3.05. The van der Waals surface area contributed by atoms with Gasteiger partial charge < -0.3 is 9.80 Å². The van der Waals surface area contributed by atoms with Gasteiger partial charge in [0.2, 0.25) is 5.91 Å². The van der Waals surface area contributed by atoms with Crippen molar-refractivity contribution in [3.8, 4) is 0 Å². The summed E-state index contributed by atoms with van der Waals surface area (Å²) in [7, 11) is 4.00. The molecule has 1 fully saturated rings. The summed E-state index contributed by atoms with van der Waals surface area (Å²) in [4.78, 5) is 21.0. The lowest BCUT2D eigenvalue weighted by molar-refractivity contribution is -0.132. The van der Waals surface area contributed by atoms with Crippen molar-refractivity contribution in [1.29, 1.82) is 0 Å². The predicted octanol–water partition coefficient (Wildman–Crippen LogP) is 2.45. The number of carbonyl (C=O) groups is 1. The molecular formula is C19H27N5O. The van der Waals surface area contributed by atoms with Crippen LogP contribution in [0, 0.1) is 6.92 Å². The van der Waals surface area contributed by atoms with Crippen LogP contribution in [0.3, 0.4) is 0 Å². The summed E-state index contributed by atoms with van der Waals surface area (Å²) >= 11 is 0. The SMILES string of the molecule is Cc1ccn(CCC(=O)N2CCC[C@H](c3ccnc(N(C)C)c3)C2)n1. The number of aromatic nitrogens is 3. The lowest BCUT2D eigenvalue weighted by Gasteiger charge is -2.33. The van der Waals surface area contributed by atoms with Gasteiger partial charge in [-0.1, -0.05) is 0 Å². The van der Waals surface area contributed by atoms with Crippen molar-refractivity contribution >= 4 is 11.7 Å². The Morgan fingerprint density at radius 1 is 1.36 bits per heavy atom. The van der Waals surface area contributed by atoms with E-state index in [1.165, 1.54) is 5.56 Å². The van der Waals surface area contributed by atoms with E-state index in [0.717, 1.165) is 37.4 Å². The van der Waals surface area contributed by atoms with Gasteiger partial charge in [-0.15, -0.1) is 0 Å². The van der Waals surface area contributed by atoms with E-state index in [9.17, 15) is 4.79 Å². The minimum atomic E-state index is 0.222. The first-order valence-corrected chi connectivity index (χ1v) is 8.94. The fourth-order valence-electron chi connectivity index (χ4n) is 3.36. The second-order valence-electron chi connectivity index (χ2n) is 6.99. The Kier molecular flexibility index (Phi) is 5.36. The van der Waals surface area contributed by atoms with Crippen molar-refractivity contribution in [1.82, 2.24) is 19.7 Å². The fraction of sp³-hybridized carbons (Fsp3) is 0.526. The lowest BCUT2D eigenvalue weighted by Crippen LogP contribution is -2.39. The molecule has 1 saturated heterocycles. The van der Waals surface area contributed by atoms with E-state index in [1.54, 1.807) is 0 Å². The smallest absolute Gasteiger partial charge is 0.224 e. The molecule has 0 N–H and O–H groups in total. The van der Waals surface area contributed by atoms with Gasteiger partial charge >= 0.3 is 0 Å². The zero-order valence-corrected chi connectivity index (χ0v) is 15.4. The van der Waals surface area contributed by atoms with E-state index in [-0.39, 0.29) is 5.91 Å². The van der Waals surface area contributed by atoms with E-state index in [4.69, 9.17) is 0 Å². The first-order chi connectivity index (χ1) is 12.0. The monoisotopic (exact) mass is 341 g/mol. The predicted molar refractivity (Wildman–Crippen MR) is 98.7 cm³/mol. The Morgan fingerprint density at radius 3 is 2.92 bits per heavy atom. The molecule has 3 heterocycles. The van der Waals surface area contributed by atoms with Crippen molar-refractivity contribution in [2.24, 2.45) is 0 Å². The van der Waals surface area contributed by atoms with Gasteiger partial charge in [-0.25, -0.2) is 4.98 Å². The molecule has 0 saturated carbocycles. The molecule has 1 atom stereocenters. The van der Waals surface area contributed by atoms with Gasteiger partial charge in [0, 0.05) is 58.5 Å². The minimum absolute atomic E-state index is 0.222. The zero-order chi connectivity index (χ0) is 17.8. The Bertz CT molecular complexity index is 724. The summed E-state index contributed by atoms with van der Waals surface area (Å²) in [6, 6.07) is 6.19. The van der Waals surface area contributed by atoms with Crippen LogP contribution in [-0.4, -0.2) is 52.8 Å². The van der Waals surface area contributed by atoms with Crippen LogP contribution in [0.25, 0.3) is 0 Å².